The van der Waals surface area contributed by atoms with Crippen molar-refractivity contribution < 1.29 is 8.42 Å². The van der Waals surface area contributed by atoms with Crippen LogP contribution < -0.4 is 10.0 Å². The Balaban J connectivity index is 2.08. The minimum absolute atomic E-state index is 0.185. The second-order valence-corrected chi connectivity index (χ2v) is 8.98. The van der Waals surface area contributed by atoms with E-state index in [0.29, 0.717) is 22.1 Å². The first kappa shape index (κ1) is 16.6. The number of thiophene rings is 1. The maximum absolute atomic E-state index is 12.3. The van der Waals surface area contributed by atoms with E-state index in [1.54, 1.807) is 12.3 Å². The summed E-state index contributed by atoms with van der Waals surface area (Å²) in [5, 5.41) is 3.27. The molecule has 3 N–H and O–H groups in total. The molecule has 0 saturated carbocycles. The van der Waals surface area contributed by atoms with Crippen LogP contribution in [0.2, 0.25) is 0 Å². The van der Waals surface area contributed by atoms with Crippen molar-refractivity contribution in [3.63, 3.8) is 0 Å². The van der Waals surface area contributed by atoms with Gasteiger partial charge in [0.25, 0.3) is 0 Å². The van der Waals surface area contributed by atoms with E-state index in [1.807, 2.05) is 13.8 Å². The molecule has 0 spiro atoms. The van der Waals surface area contributed by atoms with Crippen LogP contribution in [0.5, 0.6) is 0 Å². The van der Waals surface area contributed by atoms with Gasteiger partial charge >= 0.3 is 0 Å². The topological polar surface area (TPSA) is 86.9 Å². The summed E-state index contributed by atoms with van der Waals surface area (Å²) in [4.78, 5) is 7.95. The van der Waals surface area contributed by atoms with Gasteiger partial charge in [-0.25, -0.2) is 18.1 Å². The SMILES string of the molecule is CC(C)NCc1cc(S(=O)(=O)NCc2cnc[nH]2)c(Br)s1. The number of imidazole rings is 1. The quantitative estimate of drug-likeness (QED) is 0.673. The van der Waals surface area contributed by atoms with Gasteiger partial charge in [-0.1, -0.05) is 13.8 Å². The third-order valence-electron chi connectivity index (χ3n) is 2.69. The summed E-state index contributed by atoms with van der Waals surface area (Å²) >= 11 is 4.75. The van der Waals surface area contributed by atoms with Crippen LogP contribution in [0.25, 0.3) is 0 Å². The predicted molar refractivity (Wildman–Crippen MR) is 86.6 cm³/mol. The Morgan fingerprint density at radius 3 is 2.81 bits per heavy atom. The van der Waals surface area contributed by atoms with Crippen LogP contribution in [0.1, 0.15) is 24.4 Å². The first-order valence-electron chi connectivity index (χ1n) is 6.37. The number of hydrogen-bond donors (Lipinski definition) is 3. The predicted octanol–water partition coefficient (Wildman–Crippen LogP) is 2.21. The Morgan fingerprint density at radius 1 is 1.43 bits per heavy atom. The van der Waals surface area contributed by atoms with Gasteiger partial charge in [-0.05, 0) is 22.0 Å². The highest BCUT2D eigenvalue weighted by molar-refractivity contribution is 9.11. The molecule has 0 aromatic carbocycles. The van der Waals surface area contributed by atoms with Gasteiger partial charge in [0.05, 0.1) is 16.7 Å². The molecule has 2 rings (SSSR count). The minimum atomic E-state index is -3.55. The van der Waals surface area contributed by atoms with Gasteiger partial charge in [0.1, 0.15) is 4.90 Å². The van der Waals surface area contributed by atoms with Crippen molar-refractivity contribution in [3.8, 4) is 0 Å². The standard InChI is InChI=1S/C12H17BrN4O2S2/c1-8(2)15-6-10-3-11(12(13)20-10)21(18,19)17-5-9-4-14-7-16-9/h3-4,7-8,15,17H,5-6H2,1-2H3,(H,14,16). The van der Waals surface area contributed by atoms with Crippen LogP contribution in [0, 0.1) is 0 Å². The molecule has 9 heteroatoms. The molecule has 6 nitrogen and oxygen atoms in total. The largest absolute Gasteiger partial charge is 0.347 e. The first-order valence-corrected chi connectivity index (χ1v) is 9.46. The number of sulfonamides is 1. The lowest BCUT2D eigenvalue weighted by atomic mass is 10.4. The molecule has 0 fully saturated rings. The zero-order valence-electron chi connectivity index (χ0n) is 11.7. The summed E-state index contributed by atoms with van der Waals surface area (Å²) in [6.45, 7) is 4.93. The minimum Gasteiger partial charge on any atom is -0.347 e. The van der Waals surface area contributed by atoms with E-state index in [1.165, 1.54) is 17.7 Å². The number of aromatic nitrogens is 2. The zero-order valence-corrected chi connectivity index (χ0v) is 14.9. The number of nitrogens with zero attached hydrogens (tertiary/aromatic N) is 1. The number of nitrogens with one attached hydrogen (secondary N) is 3. The molecular formula is C12H17BrN4O2S2. The molecule has 0 bridgehead atoms. The number of aromatic amines is 1. The lowest BCUT2D eigenvalue weighted by molar-refractivity contribution is 0.579. The summed E-state index contributed by atoms with van der Waals surface area (Å²) < 4.78 is 27.8. The van der Waals surface area contributed by atoms with E-state index in [9.17, 15) is 8.42 Å². The van der Waals surface area contributed by atoms with E-state index in [4.69, 9.17) is 0 Å². The van der Waals surface area contributed by atoms with Gasteiger partial charge in [0, 0.05) is 29.4 Å². The molecule has 0 aliphatic rings. The van der Waals surface area contributed by atoms with Crippen molar-refractivity contribution in [1.82, 2.24) is 20.0 Å². The normalized spacial score (nSPS) is 12.2. The van der Waals surface area contributed by atoms with Gasteiger partial charge in [-0.2, -0.15) is 0 Å². The lowest BCUT2D eigenvalue weighted by Crippen LogP contribution is -2.23. The number of halogens is 1. The molecule has 21 heavy (non-hydrogen) atoms. The summed E-state index contributed by atoms with van der Waals surface area (Å²) in [6, 6.07) is 2.05. The van der Waals surface area contributed by atoms with E-state index >= 15 is 0 Å². The van der Waals surface area contributed by atoms with Crippen LogP contribution in [-0.4, -0.2) is 24.4 Å². The van der Waals surface area contributed by atoms with Crippen molar-refractivity contribution in [2.24, 2.45) is 0 Å². The molecule has 116 valence electrons. The Hall–Kier alpha value is -0.740. The highest BCUT2D eigenvalue weighted by Crippen LogP contribution is 2.31. The number of hydrogen-bond acceptors (Lipinski definition) is 5. The smallest absolute Gasteiger partial charge is 0.242 e. The monoisotopic (exact) mass is 392 g/mol. The molecule has 0 unspecified atom stereocenters. The fraction of sp³-hybridized carbons (Fsp3) is 0.417. The molecular weight excluding hydrogens is 376 g/mol. The van der Waals surface area contributed by atoms with E-state index in [2.05, 4.69) is 35.9 Å². The van der Waals surface area contributed by atoms with E-state index < -0.39 is 10.0 Å². The molecule has 0 saturated heterocycles. The maximum Gasteiger partial charge on any atom is 0.242 e. The van der Waals surface area contributed by atoms with Crippen LogP contribution in [0.3, 0.4) is 0 Å². The zero-order chi connectivity index (χ0) is 15.5. The van der Waals surface area contributed by atoms with Crippen molar-refractivity contribution in [2.45, 2.75) is 37.9 Å². The van der Waals surface area contributed by atoms with E-state index in [0.717, 1.165) is 4.88 Å². The molecule has 0 atom stereocenters. The second-order valence-electron chi connectivity index (χ2n) is 4.79. The van der Waals surface area contributed by atoms with Gasteiger partial charge in [-0.15, -0.1) is 11.3 Å². The van der Waals surface area contributed by atoms with Gasteiger partial charge in [0.2, 0.25) is 10.0 Å². The molecule has 2 aromatic rings. The highest BCUT2D eigenvalue weighted by Gasteiger charge is 2.20. The van der Waals surface area contributed by atoms with Crippen LogP contribution in [0.15, 0.2) is 27.3 Å². The van der Waals surface area contributed by atoms with Crippen LogP contribution >= 0.6 is 27.3 Å². The molecule has 0 amide bonds. The number of rotatable bonds is 7. The van der Waals surface area contributed by atoms with Crippen molar-refractivity contribution >= 4 is 37.3 Å². The Morgan fingerprint density at radius 2 is 2.19 bits per heavy atom. The van der Waals surface area contributed by atoms with E-state index in [-0.39, 0.29) is 11.4 Å². The summed E-state index contributed by atoms with van der Waals surface area (Å²) in [6.07, 6.45) is 3.10. The molecule has 2 aromatic heterocycles. The Bertz CT molecular complexity index is 680. The second kappa shape index (κ2) is 7.01. The highest BCUT2D eigenvalue weighted by atomic mass is 79.9. The molecule has 0 radical (unpaired) electrons. The maximum atomic E-state index is 12.3. The van der Waals surface area contributed by atoms with Gasteiger partial charge in [-0.3, -0.25) is 0 Å². The van der Waals surface area contributed by atoms with Crippen LogP contribution in [-0.2, 0) is 23.1 Å². The average molecular weight is 393 g/mol. The van der Waals surface area contributed by atoms with Gasteiger partial charge < -0.3 is 10.3 Å². The lowest BCUT2D eigenvalue weighted by Gasteiger charge is -2.05. The van der Waals surface area contributed by atoms with Gasteiger partial charge in [0.15, 0.2) is 0 Å². The summed E-state index contributed by atoms with van der Waals surface area (Å²) in [5.41, 5.74) is 0.714. The average Bonchev–Trinajstić information content (AvgIpc) is 3.03. The summed E-state index contributed by atoms with van der Waals surface area (Å²) in [7, 11) is -3.55. The Kier molecular flexibility index (Phi) is 5.55. The third-order valence-corrected chi connectivity index (χ3v) is 6.34. The Labute approximate surface area is 136 Å². The summed E-state index contributed by atoms with van der Waals surface area (Å²) in [5.74, 6) is 0. The molecule has 2 heterocycles. The van der Waals surface area contributed by atoms with Crippen molar-refractivity contribution in [1.29, 1.82) is 0 Å². The van der Waals surface area contributed by atoms with Crippen molar-refractivity contribution in [3.05, 3.63) is 32.9 Å². The fourth-order valence-electron chi connectivity index (χ4n) is 1.60. The molecule has 0 aliphatic heterocycles. The first-order chi connectivity index (χ1) is 9.88. The fourth-order valence-corrected chi connectivity index (χ4v) is 5.24. The van der Waals surface area contributed by atoms with Crippen LogP contribution in [0.4, 0.5) is 0 Å². The third kappa shape index (κ3) is 4.62. The molecule has 0 aliphatic carbocycles. The number of H-pyrrole nitrogens is 1. The van der Waals surface area contributed by atoms with Crippen molar-refractivity contribution in [2.75, 3.05) is 0 Å².